The summed E-state index contributed by atoms with van der Waals surface area (Å²) in [5.74, 6) is 1.78. The Hall–Kier alpha value is -0.360. The van der Waals surface area contributed by atoms with Gasteiger partial charge in [0.25, 0.3) is 0 Å². The number of thioether (sulfide) groups is 2. The molecule has 1 saturated carbocycles. The van der Waals surface area contributed by atoms with Crippen LogP contribution in [-0.2, 0) is 9.59 Å². The van der Waals surface area contributed by atoms with Gasteiger partial charge in [0.15, 0.2) is 0 Å². The first-order valence-corrected chi connectivity index (χ1v) is 7.58. The van der Waals surface area contributed by atoms with Crippen molar-refractivity contribution in [1.29, 1.82) is 0 Å². The molecule has 1 unspecified atom stereocenters. The molecule has 2 rings (SSSR count). The lowest BCUT2D eigenvalue weighted by atomic mass is 10.3. The predicted octanol–water partition coefficient (Wildman–Crippen LogP) is 0.672. The minimum absolute atomic E-state index is 0.0800. The highest BCUT2D eigenvalue weighted by atomic mass is 32.2. The molecule has 2 fully saturated rings. The molecule has 0 radical (unpaired) electrons. The fourth-order valence-electron chi connectivity index (χ4n) is 1.76. The lowest BCUT2D eigenvalue weighted by Gasteiger charge is -2.21. The zero-order valence-electron chi connectivity index (χ0n) is 8.85. The Morgan fingerprint density at radius 2 is 2.12 bits per heavy atom. The van der Waals surface area contributed by atoms with Gasteiger partial charge in [0.2, 0.25) is 5.91 Å². The van der Waals surface area contributed by atoms with E-state index in [1.54, 1.807) is 0 Å². The monoisotopic (exact) mass is 261 g/mol. The van der Waals surface area contributed by atoms with E-state index < -0.39 is 11.9 Å². The Balaban J connectivity index is 1.66. The van der Waals surface area contributed by atoms with E-state index in [1.807, 2.05) is 23.5 Å². The smallest absolute Gasteiger partial charge is 0.307 e. The summed E-state index contributed by atoms with van der Waals surface area (Å²) in [6.07, 6.45) is 0.508. The Morgan fingerprint density at radius 3 is 2.69 bits per heavy atom. The van der Waals surface area contributed by atoms with Gasteiger partial charge >= 0.3 is 5.97 Å². The third-order valence-electron chi connectivity index (χ3n) is 2.83. The van der Waals surface area contributed by atoms with Crippen LogP contribution < -0.4 is 5.32 Å². The van der Waals surface area contributed by atoms with Gasteiger partial charge < -0.3 is 10.4 Å². The van der Waals surface area contributed by atoms with Gasteiger partial charge in [-0.15, -0.1) is 0 Å². The van der Waals surface area contributed by atoms with Crippen LogP contribution in [0, 0.1) is 11.8 Å². The number of carbonyl (C=O) groups excluding carboxylic acids is 1. The molecule has 3 atom stereocenters. The number of carboxylic acid groups (broad SMARTS) is 1. The molecule has 1 aliphatic heterocycles. The summed E-state index contributed by atoms with van der Waals surface area (Å²) in [5, 5.41) is 12.1. The molecule has 2 aliphatic rings. The number of nitrogens with one attached hydrogen (secondary N) is 1. The zero-order valence-corrected chi connectivity index (χ0v) is 10.5. The number of hydrogen-bond acceptors (Lipinski definition) is 4. The molecular weight excluding hydrogens is 246 g/mol. The molecule has 1 amide bonds. The van der Waals surface area contributed by atoms with E-state index in [9.17, 15) is 9.59 Å². The van der Waals surface area contributed by atoms with Gasteiger partial charge in [0, 0.05) is 29.1 Å². The van der Waals surface area contributed by atoms with E-state index in [-0.39, 0.29) is 11.8 Å². The highest BCUT2D eigenvalue weighted by Crippen LogP contribution is 2.38. The quantitative estimate of drug-likeness (QED) is 0.778. The first-order valence-electron chi connectivity index (χ1n) is 5.38. The molecular formula is C10H15NO3S2. The first kappa shape index (κ1) is 12.1. The molecule has 0 aromatic heterocycles. The molecule has 4 nitrogen and oxygen atoms in total. The van der Waals surface area contributed by atoms with E-state index in [2.05, 4.69) is 5.32 Å². The molecule has 90 valence electrons. The Labute approximate surface area is 103 Å². The number of amides is 1. The van der Waals surface area contributed by atoms with Gasteiger partial charge in [-0.2, -0.15) is 23.5 Å². The van der Waals surface area contributed by atoms with Crippen molar-refractivity contribution >= 4 is 35.4 Å². The van der Waals surface area contributed by atoms with Crippen molar-refractivity contribution in [3.63, 3.8) is 0 Å². The molecule has 0 aromatic carbocycles. The topological polar surface area (TPSA) is 66.4 Å². The molecule has 1 heterocycles. The maximum atomic E-state index is 11.6. The molecule has 1 saturated heterocycles. The maximum absolute atomic E-state index is 11.6. The summed E-state index contributed by atoms with van der Waals surface area (Å²) in [7, 11) is 0. The van der Waals surface area contributed by atoms with Crippen LogP contribution in [0.25, 0.3) is 0 Å². The summed E-state index contributed by atoms with van der Waals surface area (Å²) in [6, 6.07) is 0. The maximum Gasteiger partial charge on any atom is 0.307 e. The lowest BCUT2D eigenvalue weighted by molar-refractivity contribution is -0.140. The first-order chi connectivity index (χ1) is 7.68. The van der Waals surface area contributed by atoms with Crippen molar-refractivity contribution in [2.24, 2.45) is 11.8 Å². The normalized spacial score (nSPS) is 33.1. The standard InChI is InChI=1S/C10H15NO3S2/c12-9(7-3-8(7)10(13)14)11-4-6-5-15-1-2-16-6/h6-8H,1-5H2,(H,11,12)(H,13,14)/t6?,7-,8+/m1/s1. The van der Waals surface area contributed by atoms with E-state index in [0.717, 1.165) is 11.5 Å². The Bertz CT molecular complexity index is 292. The van der Waals surface area contributed by atoms with Crippen molar-refractivity contribution < 1.29 is 14.7 Å². The highest BCUT2D eigenvalue weighted by molar-refractivity contribution is 8.06. The van der Waals surface area contributed by atoms with Crippen LogP contribution >= 0.6 is 23.5 Å². The highest BCUT2D eigenvalue weighted by Gasteiger charge is 2.48. The second kappa shape index (κ2) is 5.31. The number of rotatable bonds is 4. The van der Waals surface area contributed by atoms with Crippen LogP contribution in [0.5, 0.6) is 0 Å². The van der Waals surface area contributed by atoms with Crippen LogP contribution in [0.15, 0.2) is 0 Å². The number of carboxylic acids is 1. The van der Waals surface area contributed by atoms with Gasteiger partial charge in [0.1, 0.15) is 0 Å². The van der Waals surface area contributed by atoms with Crippen LogP contribution in [0.1, 0.15) is 6.42 Å². The van der Waals surface area contributed by atoms with Crippen molar-refractivity contribution in [1.82, 2.24) is 5.32 Å². The minimum atomic E-state index is -0.845. The van der Waals surface area contributed by atoms with Crippen LogP contribution in [-0.4, -0.2) is 46.0 Å². The molecule has 16 heavy (non-hydrogen) atoms. The van der Waals surface area contributed by atoms with Crippen molar-refractivity contribution in [3.05, 3.63) is 0 Å². The third kappa shape index (κ3) is 3.07. The fraction of sp³-hybridized carbons (Fsp3) is 0.800. The molecule has 1 aliphatic carbocycles. The van der Waals surface area contributed by atoms with Crippen LogP contribution in [0.4, 0.5) is 0 Å². The lowest BCUT2D eigenvalue weighted by Crippen LogP contribution is -2.34. The number of aliphatic carboxylic acids is 1. The molecule has 0 bridgehead atoms. The number of carbonyl (C=O) groups is 2. The van der Waals surface area contributed by atoms with E-state index in [1.165, 1.54) is 5.75 Å². The number of hydrogen-bond donors (Lipinski definition) is 2. The van der Waals surface area contributed by atoms with Crippen molar-refractivity contribution in [2.45, 2.75) is 11.7 Å². The molecule has 0 spiro atoms. The summed E-state index contributed by atoms with van der Waals surface area (Å²) in [4.78, 5) is 22.2. The van der Waals surface area contributed by atoms with E-state index in [4.69, 9.17) is 5.11 Å². The third-order valence-corrected chi connectivity index (χ3v) is 5.68. The molecule has 6 heteroatoms. The average Bonchev–Trinajstić information content (AvgIpc) is 3.07. The molecule has 2 N–H and O–H groups in total. The van der Waals surface area contributed by atoms with Gasteiger partial charge in [-0.1, -0.05) is 0 Å². The average molecular weight is 261 g/mol. The van der Waals surface area contributed by atoms with Gasteiger partial charge in [0.05, 0.1) is 11.8 Å². The van der Waals surface area contributed by atoms with Crippen LogP contribution in [0.3, 0.4) is 0 Å². The predicted molar refractivity (Wildman–Crippen MR) is 65.8 cm³/mol. The SMILES string of the molecule is O=C(O)[C@H]1C[C@H]1C(=O)NCC1CSCCS1. The zero-order chi connectivity index (χ0) is 11.5. The van der Waals surface area contributed by atoms with Gasteiger partial charge in [-0.3, -0.25) is 9.59 Å². The largest absolute Gasteiger partial charge is 0.481 e. The summed E-state index contributed by atoms with van der Waals surface area (Å²) in [5.41, 5.74) is 0. The van der Waals surface area contributed by atoms with Crippen molar-refractivity contribution in [3.8, 4) is 0 Å². The summed E-state index contributed by atoms with van der Waals surface area (Å²) < 4.78 is 0. The van der Waals surface area contributed by atoms with Crippen molar-refractivity contribution in [2.75, 3.05) is 23.8 Å². The second-order valence-corrected chi connectivity index (χ2v) is 6.66. The fourth-order valence-corrected chi connectivity index (χ4v) is 4.37. The van der Waals surface area contributed by atoms with Gasteiger partial charge in [-0.25, -0.2) is 0 Å². The Morgan fingerprint density at radius 1 is 1.31 bits per heavy atom. The summed E-state index contributed by atoms with van der Waals surface area (Å²) >= 11 is 3.81. The summed E-state index contributed by atoms with van der Waals surface area (Å²) in [6.45, 7) is 0.680. The van der Waals surface area contributed by atoms with E-state index >= 15 is 0 Å². The van der Waals surface area contributed by atoms with Gasteiger partial charge in [-0.05, 0) is 6.42 Å². The molecule has 0 aromatic rings. The van der Waals surface area contributed by atoms with E-state index in [0.29, 0.717) is 18.2 Å². The second-order valence-electron chi connectivity index (χ2n) is 4.10. The minimum Gasteiger partial charge on any atom is -0.481 e. The Kier molecular flexibility index (Phi) is 4.02. The van der Waals surface area contributed by atoms with Crippen LogP contribution in [0.2, 0.25) is 0 Å².